The van der Waals surface area contributed by atoms with Gasteiger partial charge in [-0.25, -0.2) is 4.98 Å². The Kier molecular flexibility index (Phi) is 25.5. The summed E-state index contributed by atoms with van der Waals surface area (Å²) < 4.78 is 19.2. The topological polar surface area (TPSA) is 191 Å². The molecule has 0 aliphatic carbocycles. The number of carbonyl (C=O) groups is 4. The summed E-state index contributed by atoms with van der Waals surface area (Å²) in [4.78, 5) is 69.7. The number of rotatable bonds is 33. The van der Waals surface area contributed by atoms with Gasteiger partial charge in [-0.2, -0.15) is 9.56 Å². The van der Waals surface area contributed by atoms with E-state index in [2.05, 4.69) is 166 Å². The Morgan fingerprint density at radius 3 is 1.90 bits per heavy atom. The molecule has 7 rings (SSSR count). The molecule has 86 heavy (non-hydrogen) atoms. The van der Waals surface area contributed by atoms with Crippen molar-refractivity contribution in [3.05, 3.63) is 143 Å². The van der Waals surface area contributed by atoms with Crippen LogP contribution >= 0.6 is 11.6 Å². The third-order valence-corrected chi connectivity index (χ3v) is 16.4. The van der Waals surface area contributed by atoms with Crippen molar-refractivity contribution in [3.8, 4) is 11.3 Å². The van der Waals surface area contributed by atoms with Gasteiger partial charge in [0.2, 0.25) is 35.3 Å². The standard InChI is InChI=1S/C67H90ClN11O7/c1-66(2)53-22-15-17-24-56(53)76(7)58(66)26-12-9-8-10-13-27-59-67(3,4)54-23-16-18-25-57(54)79(59)36-19-11-14-28-63(82)74(5)49-61(80)70-34-20-42-84-44-46-86-47-45-85-43-21-35-71-62(81)50-75(6)64(83)33-37-77-38-40-78(41-39-77)60-48-55(72-65(69)73-60)51-29-31-52(68)32-30-51/h8-10,12-13,15-18,22-27,29-32,48H,11,14,19-21,28,33-47,49-50H2,1-7H3,(H3-,69,70,71,72,73,80,81)/p+1. The fraction of sp³-hybridized carbons (Fsp3) is 0.478. The number of ether oxygens (including phenoxy) is 3. The number of nitrogen functional groups attached to an aromatic ring is 1. The number of fused-ring (bicyclic) bond motifs is 2. The maximum Gasteiger partial charge on any atom is 0.239 e. The fourth-order valence-corrected chi connectivity index (χ4v) is 11.3. The number of aromatic nitrogens is 2. The molecule has 0 bridgehead atoms. The second kappa shape index (κ2) is 33.1. The summed E-state index contributed by atoms with van der Waals surface area (Å²) in [5.74, 6) is 0.442. The van der Waals surface area contributed by atoms with Crippen LogP contribution in [0.25, 0.3) is 11.3 Å². The molecule has 0 spiro atoms. The van der Waals surface area contributed by atoms with Gasteiger partial charge >= 0.3 is 0 Å². The van der Waals surface area contributed by atoms with Gasteiger partial charge in [0, 0.05) is 144 Å². The molecular weight excluding hydrogens is 1110 g/mol. The predicted molar refractivity (Wildman–Crippen MR) is 344 cm³/mol. The number of nitrogens with zero attached hydrogens (tertiary/aromatic N) is 8. The Balaban J connectivity index is 0.652. The molecule has 3 aliphatic heterocycles. The summed E-state index contributed by atoms with van der Waals surface area (Å²) in [6.07, 6.45) is 19.5. The molecule has 0 atom stereocenters. The number of unbranched alkanes of at least 4 members (excludes halogenated alkanes) is 2. The SMILES string of the molecule is CN(CC(=O)NCCCOCCOCCOCCCNC(=O)CN(C)C(=O)CCN1CCN(c2cc(-c3ccc(Cl)cc3)nc(N)n2)CC1)C(=O)CCCCCN1/C(=C/C=C/C=C/C=C/C2=[N+](C)c3ccccc3C2(C)C)C(C)(C)c2ccccc21. The Bertz CT molecular complexity index is 3060. The maximum atomic E-state index is 13.0. The van der Waals surface area contributed by atoms with E-state index in [0.717, 1.165) is 69.1 Å². The van der Waals surface area contributed by atoms with Gasteiger partial charge in [-0.1, -0.05) is 111 Å². The van der Waals surface area contributed by atoms with Crippen LogP contribution in [0.5, 0.6) is 0 Å². The van der Waals surface area contributed by atoms with Crippen molar-refractivity contribution in [2.24, 2.45) is 0 Å². The number of nitrogens with one attached hydrogen (secondary N) is 2. The van der Waals surface area contributed by atoms with Crippen LogP contribution in [-0.2, 0) is 44.2 Å². The van der Waals surface area contributed by atoms with Gasteiger partial charge in [-0.3, -0.25) is 24.1 Å². The average molecular weight is 1200 g/mol. The molecule has 3 aromatic carbocycles. The van der Waals surface area contributed by atoms with Crippen molar-refractivity contribution >= 4 is 64.1 Å². The van der Waals surface area contributed by atoms with E-state index in [1.165, 1.54) is 43.7 Å². The Labute approximate surface area is 514 Å². The van der Waals surface area contributed by atoms with Crippen molar-refractivity contribution in [1.29, 1.82) is 0 Å². The molecule has 0 radical (unpaired) electrons. The lowest BCUT2D eigenvalue weighted by Crippen LogP contribution is -2.48. The lowest BCUT2D eigenvalue weighted by Gasteiger charge is -2.35. The number of benzene rings is 3. The highest BCUT2D eigenvalue weighted by atomic mass is 35.5. The van der Waals surface area contributed by atoms with Crippen molar-refractivity contribution in [3.63, 3.8) is 0 Å². The molecule has 0 unspecified atom stereocenters. The van der Waals surface area contributed by atoms with Gasteiger partial charge in [-0.15, -0.1) is 0 Å². The third-order valence-electron chi connectivity index (χ3n) is 16.1. The second-order valence-corrected chi connectivity index (χ2v) is 23.6. The number of nitrogens with two attached hydrogens (primary N) is 1. The Morgan fingerprint density at radius 2 is 1.24 bits per heavy atom. The first kappa shape index (κ1) is 66.3. The monoisotopic (exact) mass is 1200 g/mol. The van der Waals surface area contributed by atoms with Crippen LogP contribution in [0, 0.1) is 0 Å². The van der Waals surface area contributed by atoms with Gasteiger partial charge in [0.15, 0.2) is 5.71 Å². The van der Waals surface area contributed by atoms with Gasteiger partial charge in [0.1, 0.15) is 12.9 Å². The van der Waals surface area contributed by atoms with E-state index in [4.69, 9.17) is 31.5 Å². The van der Waals surface area contributed by atoms with E-state index in [1.54, 1.807) is 14.1 Å². The minimum atomic E-state index is -0.214. The summed E-state index contributed by atoms with van der Waals surface area (Å²) >= 11 is 6.06. The van der Waals surface area contributed by atoms with Crippen LogP contribution in [0.2, 0.25) is 5.02 Å². The summed E-state index contributed by atoms with van der Waals surface area (Å²) in [5, 5.41) is 6.40. The van der Waals surface area contributed by atoms with Gasteiger partial charge in [0.25, 0.3) is 0 Å². The van der Waals surface area contributed by atoms with Gasteiger partial charge < -0.3 is 50.2 Å². The van der Waals surface area contributed by atoms with Crippen LogP contribution in [0.1, 0.15) is 83.8 Å². The molecule has 1 aromatic heterocycles. The number of likely N-dealkylation sites (N-methyl/N-ethyl adjacent to an activating group) is 2. The molecule has 0 saturated carbocycles. The largest absolute Gasteiger partial charge is 0.379 e. The van der Waals surface area contributed by atoms with Crippen molar-refractivity contribution in [2.45, 2.75) is 83.5 Å². The number of anilines is 3. The van der Waals surface area contributed by atoms with Gasteiger partial charge in [-0.05, 0) is 69.4 Å². The Morgan fingerprint density at radius 1 is 0.663 bits per heavy atom. The molecule has 19 heteroatoms. The number of amides is 4. The van der Waals surface area contributed by atoms with E-state index in [1.807, 2.05) is 30.3 Å². The zero-order chi connectivity index (χ0) is 61.5. The van der Waals surface area contributed by atoms with E-state index in [-0.39, 0.29) is 53.5 Å². The van der Waals surface area contributed by atoms with Crippen molar-refractivity contribution in [2.75, 3.05) is 142 Å². The second-order valence-electron chi connectivity index (χ2n) is 23.2. The normalized spacial score (nSPS) is 16.0. The first-order valence-electron chi connectivity index (χ1n) is 30.4. The van der Waals surface area contributed by atoms with E-state index < -0.39 is 0 Å². The number of hydrogen-bond acceptors (Lipinski definition) is 13. The van der Waals surface area contributed by atoms with E-state index in [9.17, 15) is 19.2 Å². The molecule has 4 heterocycles. The zero-order valence-corrected chi connectivity index (χ0v) is 52.5. The van der Waals surface area contributed by atoms with Crippen molar-refractivity contribution < 1.29 is 38.0 Å². The summed E-state index contributed by atoms with van der Waals surface area (Å²) in [6.45, 7) is 17.1. The molecule has 462 valence electrons. The van der Waals surface area contributed by atoms with Crippen molar-refractivity contribution in [1.82, 2.24) is 35.3 Å². The molecular formula is C67H91ClN11O7+. The third kappa shape index (κ3) is 19.1. The minimum Gasteiger partial charge on any atom is -0.379 e. The highest BCUT2D eigenvalue weighted by molar-refractivity contribution is 6.30. The highest BCUT2D eigenvalue weighted by Crippen LogP contribution is 2.48. The number of allylic oxidation sites excluding steroid dienone is 8. The summed E-state index contributed by atoms with van der Waals surface area (Å²) in [6, 6.07) is 26.6. The minimum absolute atomic E-state index is 0.00783. The predicted octanol–water partition coefficient (Wildman–Crippen LogP) is 8.49. The molecule has 4 aromatic rings. The molecule has 1 fully saturated rings. The molecule has 18 nitrogen and oxygen atoms in total. The quantitative estimate of drug-likeness (QED) is 0.0234. The van der Waals surface area contributed by atoms with Crippen LogP contribution in [0.3, 0.4) is 0 Å². The number of halogens is 1. The number of hydrogen-bond donors (Lipinski definition) is 3. The van der Waals surface area contributed by atoms with Crippen LogP contribution in [0.15, 0.2) is 127 Å². The highest BCUT2D eigenvalue weighted by Gasteiger charge is 2.42. The van der Waals surface area contributed by atoms with Crippen LogP contribution in [0.4, 0.5) is 23.1 Å². The molecule has 3 aliphatic rings. The number of para-hydroxylation sites is 2. The van der Waals surface area contributed by atoms with Crippen LogP contribution < -0.4 is 26.2 Å². The lowest BCUT2D eigenvalue weighted by molar-refractivity contribution is -0.401. The molecule has 4 amide bonds. The maximum absolute atomic E-state index is 13.0. The first-order valence-corrected chi connectivity index (χ1v) is 30.7. The zero-order valence-electron chi connectivity index (χ0n) is 51.7. The average Bonchev–Trinajstić information content (AvgIpc) is 2.03. The number of piperazine rings is 1. The van der Waals surface area contributed by atoms with Gasteiger partial charge in [0.05, 0.1) is 50.6 Å². The van der Waals surface area contributed by atoms with E-state index in [0.29, 0.717) is 90.0 Å². The molecule has 1 saturated heterocycles. The molecule has 4 N–H and O–H groups in total. The number of carbonyl (C=O) groups excluding carboxylic acids is 4. The lowest BCUT2D eigenvalue weighted by atomic mass is 9.81. The fourth-order valence-electron chi connectivity index (χ4n) is 11.2. The van der Waals surface area contributed by atoms with Crippen LogP contribution in [-0.4, -0.2) is 185 Å². The summed E-state index contributed by atoms with van der Waals surface area (Å²) in [5.41, 5.74) is 15.2. The van der Waals surface area contributed by atoms with E-state index >= 15 is 0 Å². The summed E-state index contributed by atoms with van der Waals surface area (Å²) in [7, 11) is 5.47. The first-order chi connectivity index (χ1) is 41.4. The smallest absolute Gasteiger partial charge is 0.239 e. The Hall–Kier alpha value is -7.22.